The molecule has 8 atom stereocenters. The average Bonchev–Trinajstić information content (AvgIpc) is 3.38. The molecule has 1 saturated carbocycles. The van der Waals surface area contributed by atoms with Crippen LogP contribution in [0, 0.1) is 11.8 Å². The van der Waals surface area contributed by atoms with Crippen molar-refractivity contribution in [2.24, 2.45) is 11.8 Å². The number of nitrogens with one attached hydrogen (secondary N) is 2. The summed E-state index contributed by atoms with van der Waals surface area (Å²) in [5, 5.41) is 10.9. The van der Waals surface area contributed by atoms with Crippen molar-refractivity contribution in [1.82, 2.24) is 19.5 Å². The summed E-state index contributed by atoms with van der Waals surface area (Å²) in [6, 6.07) is 0. The molecule has 0 bridgehead atoms. The number of hydrogen-bond donors (Lipinski definition) is 3. The number of nitrogens with zero attached hydrogens (tertiary/aromatic N) is 2. The number of aliphatic hydroxyl groups is 1. The molecule has 1 aliphatic carbocycles. The van der Waals surface area contributed by atoms with Crippen LogP contribution in [0.5, 0.6) is 0 Å². The smallest absolute Gasteiger partial charge is 0.327 e. The molecule has 4 heterocycles. The Morgan fingerprint density at radius 1 is 1.49 bits per heavy atom. The van der Waals surface area contributed by atoms with Crippen molar-refractivity contribution in [3.05, 3.63) is 39.3 Å². The van der Waals surface area contributed by atoms with E-state index in [1.165, 1.54) is 16.5 Å². The quantitative estimate of drug-likeness (QED) is 0.372. The SMILES string of the molecule is C=C(C)[C@@H]1CC[C@]2(C)S[P@@](=S)(OC[C@H]3O[C@@H](n4cnc5c(=O)[nH]c(=O)[nH]c54)[C@H](O)[C@@H]3C)O[C@H]2C1.S. The molecule has 2 aromatic rings. The predicted molar refractivity (Wildman–Crippen MR) is 144 cm³/mol. The second kappa shape index (κ2) is 9.75. The van der Waals surface area contributed by atoms with E-state index in [9.17, 15) is 14.7 Å². The zero-order valence-electron chi connectivity index (χ0n) is 19.7. The highest BCUT2D eigenvalue weighted by Crippen LogP contribution is 2.75. The standard InChI is InChI=1S/C21H29N4O6PS2.H2S/c1-10(2)12-5-6-21(4)14(7-12)31-32(33,34-21)29-8-13-11(3)16(26)19(30-13)25-9-22-15-17(25)23-20(28)24-18(15)27;/h9,11-14,16,19,26H,1,5-8H2,2-4H3,(H2,23,24,27,28);1H2/t11-,12-,13-,14+,16-,19-,21+,32+;/m1./s1. The molecule has 2 aromatic heterocycles. The Morgan fingerprint density at radius 2 is 2.23 bits per heavy atom. The largest absolute Gasteiger partial charge is 0.388 e. The lowest BCUT2D eigenvalue weighted by Crippen LogP contribution is -2.39. The average molecular weight is 563 g/mol. The molecule has 2 saturated heterocycles. The Kier molecular flexibility index (Phi) is 7.56. The summed E-state index contributed by atoms with van der Waals surface area (Å²) in [4.78, 5) is 32.5. The summed E-state index contributed by atoms with van der Waals surface area (Å²) < 4.78 is 20.1. The van der Waals surface area contributed by atoms with E-state index in [1.807, 2.05) is 6.92 Å². The van der Waals surface area contributed by atoms with Crippen molar-refractivity contribution in [1.29, 1.82) is 0 Å². The Morgan fingerprint density at radius 3 is 2.94 bits per heavy atom. The van der Waals surface area contributed by atoms with Crippen molar-refractivity contribution in [2.45, 2.75) is 69.3 Å². The van der Waals surface area contributed by atoms with Crippen LogP contribution in [-0.4, -0.2) is 54.3 Å². The Balaban J connectivity index is 0.00000289. The van der Waals surface area contributed by atoms with Crippen molar-refractivity contribution in [3.8, 4) is 0 Å². The molecule has 3 aliphatic rings. The van der Waals surface area contributed by atoms with E-state index in [2.05, 4.69) is 35.4 Å². The fourth-order valence-corrected chi connectivity index (χ4v) is 12.2. The molecule has 3 N–H and O–H groups in total. The van der Waals surface area contributed by atoms with Gasteiger partial charge in [-0.15, -0.1) is 0 Å². The van der Waals surface area contributed by atoms with Crippen LogP contribution in [0.15, 0.2) is 28.1 Å². The molecule has 0 amide bonds. The van der Waals surface area contributed by atoms with Gasteiger partial charge in [-0.25, -0.2) is 9.78 Å². The third kappa shape index (κ3) is 4.86. The highest BCUT2D eigenvalue weighted by Gasteiger charge is 2.54. The van der Waals surface area contributed by atoms with Crippen LogP contribution in [0.4, 0.5) is 0 Å². The van der Waals surface area contributed by atoms with Gasteiger partial charge in [0.1, 0.15) is 11.8 Å². The molecule has 194 valence electrons. The highest BCUT2D eigenvalue weighted by molar-refractivity contribution is 8.68. The number of allylic oxidation sites excluding steroid dienone is 1. The number of aromatic amines is 2. The van der Waals surface area contributed by atoms with Crippen LogP contribution in [0.25, 0.3) is 11.2 Å². The van der Waals surface area contributed by atoms with Gasteiger partial charge in [0.25, 0.3) is 5.56 Å². The molecule has 0 aromatic carbocycles. The molecular formula is C21H31N4O6PS3. The van der Waals surface area contributed by atoms with Crippen molar-refractivity contribution >= 4 is 53.5 Å². The topological polar surface area (TPSA) is 131 Å². The minimum atomic E-state index is -2.58. The van der Waals surface area contributed by atoms with Gasteiger partial charge in [0.2, 0.25) is 5.69 Å². The minimum absolute atomic E-state index is 0. The Hall–Kier alpha value is -0.920. The van der Waals surface area contributed by atoms with Gasteiger partial charge in [-0.1, -0.05) is 30.5 Å². The molecule has 3 fully saturated rings. The number of rotatable bonds is 5. The van der Waals surface area contributed by atoms with Gasteiger partial charge in [0, 0.05) is 10.7 Å². The maximum atomic E-state index is 12.0. The summed E-state index contributed by atoms with van der Waals surface area (Å²) in [5.41, 5.74) is -2.40. The van der Waals surface area contributed by atoms with Gasteiger partial charge in [-0.05, 0) is 50.8 Å². The lowest BCUT2D eigenvalue weighted by atomic mass is 9.77. The van der Waals surface area contributed by atoms with E-state index >= 15 is 0 Å². The first-order valence-corrected chi connectivity index (χ1v) is 15.4. The highest BCUT2D eigenvalue weighted by atomic mass is 32.9. The molecule has 0 unspecified atom stereocenters. The van der Waals surface area contributed by atoms with Gasteiger partial charge in [-0.3, -0.25) is 19.3 Å². The molecule has 0 radical (unpaired) electrons. The van der Waals surface area contributed by atoms with E-state index in [4.69, 9.17) is 25.6 Å². The third-order valence-corrected chi connectivity index (χ3v) is 13.1. The maximum absolute atomic E-state index is 12.0. The molecule has 2 aliphatic heterocycles. The second-order valence-electron chi connectivity index (χ2n) is 9.73. The fraction of sp³-hybridized carbons (Fsp3) is 0.667. The van der Waals surface area contributed by atoms with Crippen LogP contribution in [0.3, 0.4) is 0 Å². The number of fused-ring (bicyclic) bond motifs is 2. The molecule has 0 spiro atoms. The van der Waals surface area contributed by atoms with Gasteiger partial charge in [-0.2, -0.15) is 13.5 Å². The first-order valence-electron chi connectivity index (χ1n) is 11.3. The zero-order valence-corrected chi connectivity index (χ0v) is 23.3. The van der Waals surface area contributed by atoms with E-state index in [0.29, 0.717) is 5.92 Å². The Labute approximate surface area is 218 Å². The Bertz CT molecular complexity index is 1300. The van der Waals surface area contributed by atoms with Crippen LogP contribution in [-0.2, 0) is 25.6 Å². The van der Waals surface area contributed by atoms with Crippen molar-refractivity contribution in [3.63, 3.8) is 0 Å². The number of hydrogen-bond acceptors (Lipinski definition) is 9. The zero-order chi connectivity index (χ0) is 24.4. The molecule has 14 heteroatoms. The first kappa shape index (κ1) is 27.1. The molecule has 35 heavy (non-hydrogen) atoms. The monoisotopic (exact) mass is 562 g/mol. The van der Waals surface area contributed by atoms with Crippen LogP contribution < -0.4 is 11.2 Å². The molecular weight excluding hydrogens is 531 g/mol. The summed E-state index contributed by atoms with van der Waals surface area (Å²) in [7, 11) is 0. The minimum Gasteiger partial charge on any atom is -0.388 e. The molecule has 10 nitrogen and oxygen atoms in total. The normalized spacial score (nSPS) is 38.9. The van der Waals surface area contributed by atoms with E-state index < -0.39 is 35.4 Å². The molecule has 5 rings (SSSR count). The van der Waals surface area contributed by atoms with Crippen LogP contribution in [0.1, 0.15) is 46.3 Å². The first-order chi connectivity index (χ1) is 16.0. The number of aliphatic hydroxyl groups excluding tert-OH is 1. The van der Waals surface area contributed by atoms with Crippen LogP contribution in [0.2, 0.25) is 0 Å². The number of aromatic nitrogens is 4. The number of H-pyrrole nitrogens is 2. The van der Waals surface area contributed by atoms with Crippen molar-refractivity contribution in [2.75, 3.05) is 6.61 Å². The van der Waals surface area contributed by atoms with E-state index in [1.54, 1.807) is 11.4 Å². The van der Waals surface area contributed by atoms with Crippen molar-refractivity contribution < 1.29 is 18.9 Å². The van der Waals surface area contributed by atoms with Gasteiger partial charge >= 0.3 is 5.69 Å². The lowest BCUT2D eigenvalue weighted by Gasteiger charge is -2.37. The summed E-state index contributed by atoms with van der Waals surface area (Å²) in [6.45, 7) is 10.4. The summed E-state index contributed by atoms with van der Waals surface area (Å²) in [5.74, 6) is 0.161. The maximum Gasteiger partial charge on any atom is 0.327 e. The van der Waals surface area contributed by atoms with Crippen LogP contribution >= 0.6 is 30.6 Å². The van der Waals surface area contributed by atoms with Gasteiger partial charge in [0.05, 0.1) is 25.1 Å². The number of ether oxygens (including phenoxy) is 1. The van der Waals surface area contributed by atoms with Gasteiger partial charge in [0.15, 0.2) is 11.7 Å². The summed E-state index contributed by atoms with van der Waals surface area (Å²) in [6.07, 6.45) is 2.21. The predicted octanol–water partition coefficient (Wildman–Crippen LogP) is 2.93. The van der Waals surface area contributed by atoms with E-state index in [0.717, 1.165) is 19.3 Å². The summed E-state index contributed by atoms with van der Waals surface area (Å²) >= 11 is 7.50. The van der Waals surface area contributed by atoms with E-state index in [-0.39, 0.29) is 48.0 Å². The van der Waals surface area contributed by atoms with Gasteiger partial charge < -0.3 is 18.9 Å². The second-order valence-corrected chi connectivity index (χ2v) is 16.3. The lowest BCUT2D eigenvalue weighted by molar-refractivity contribution is -0.0464. The number of imidazole rings is 1. The third-order valence-electron chi connectivity index (χ3n) is 7.31. The fourth-order valence-electron chi connectivity index (χ4n) is 5.04.